The Hall–Kier alpha value is -2.48. The lowest BCUT2D eigenvalue weighted by Crippen LogP contribution is -2.33. The maximum Gasteiger partial charge on any atom is 0.416 e. The number of aromatic nitrogens is 3. The molecule has 4 nitrogen and oxygen atoms in total. The van der Waals surface area contributed by atoms with E-state index in [1.165, 1.54) is 6.07 Å². The second kappa shape index (κ2) is 7.16. The van der Waals surface area contributed by atoms with E-state index in [1.807, 2.05) is 23.7 Å². The number of alkyl halides is 3. The SMILES string of the molecule is Cn1c(CN2CCC(c3ccc(C(F)(F)F)cc3F)CC2)nc2ncccc21. The number of benzene rings is 1. The monoisotopic (exact) mass is 392 g/mol. The molecule has 1 aliphatic heterocycles. The topological polar surface area (TPSA) is 34.0 Å². The summed E-state index contributed by atoms with van der Waals surface area (Å²) in [6.07, 6.45) is -1.42. The van der Waals surface area contributed by atoms with Crippen molar-refractivity contribution in [2.75, 3.05) is 13.1 Å². The molecule has 2 aromatic heterocycles. The van der Waals surface area contributed by atoms with Gasteiger partial charge in [0.05, 0.1) is 17.6 Å². The minimum atomic E-state index is -4.52. The minimum Gasteiger partial charge on any atom is -0.329 e. The van der Waals surface area contributed by atoms with Gasteiger partial charge in [0, 0.05) is 13.2 Å². The lowest BCUT2D eigenvalue weighted by molar-refractivity contribution is -0.137. The molecule has 0 spiro atoms. The smallest absolute Gasteiger partial charge is 0.329 e. The van der Waals surface area contributed by atoms with E-state index in [0.29, 0.717) is 36.7 Å². The molecule has 1 fully saturated rings. The van der Waals surface area contributed by atoms with Crippen LogP contribution < -0.4 is 0 Å². The maximum atomic E-state index is 14.2. The van der Waals surface area contributed by atoms with Crippen LogP contribution in [0.3, 0.4) is 0 Å². The first-order chi connectivity index (χ1) is 13.3. The van der Waals surface area contributed by atoms with E-state index in [9.17, 15) is 17.6 Å². The predicted octanol–water partition coefficient (Wildman–Crippen LogP) is 4.51. The Morgan fingerprint density at radius 1 is 1.14 bits per heavy atom. The first kappa shape index (κ1) is 18.9. The highest BCUT2D eigenvalue weighted by atomic mass is 19.4. The van der Waals surface area contributed by atoms with Gasteiger partial charge in [0.15, 0.2) is 5.65 Å². The Labute approximate surface area is 159 Å². The molecule has 3 aromatic rings. The average molecular weight is 392 g/mol. The number of rotatable bonds is 3. The van der Waals surface area contributed by atoms with Gasteiger partial charge in [0.2, 0.25) is 0 Å². The molecule has 0 atom stereocenters. The van der Waals surface area contributed by atoms with E-state index in [4.69, 9.17) is 0 Å². The molecule has 3 heterocycles. The summed E-state index contributed by atoms with van der Waals surface area (Å²) in [5.41, 5.74) is 1.11. The Balaban J connectivity index is 1.42. The number of likely N-dealkylation sites (tertiary alicyclic amines) is 1. The summed E-state index contributed by atoms with van der Waals surface area (Å²) in [7, 11) is 1.96. The minimum absolute atomic E-state index is 0.0688. The number of hydrogen-bond donors (Lipinski definition) is 0. The van der Waals surface area contributed by atoms with Crippen LogP contribution in [-0.2, 0) is 19.8 Å². The number of aryl methyl sites for hydroxylation is 1. The Bertz CT molecular complexity index is 988. The predicted molar refractivity (Wildman–Crippen MR) is 97.2 cm³/mol. The fourth-order valence-electron chi connectivity index (χ4n) is 3.85. The van der Waals surface area contributed by atoms with Gasteiger partial charge in [-0.05, 0) is 61.7 Å². The largest absolute Gasteiger partial charge is 0.416 e. The molecule has 0 saturated carbocycles. The van der Waals surface area contributed by atoms with E-state index in [1.54, 1.807) is 6.20 Å². The summed E-state index contributed by atoms with van der Waals surface area (Å²) >= 11 is 0. The molecular weight excluding hydrogens is 372 g/mol. The van der Waals surface area contributed by atoms with Gasteiger partial charge >= 0.3 is 6.18 Å². The Morgan fingerprint density at radius 2 is 1.89 bits per heavy atom. The molecule has 148 valence electrons. The zero-order valence-corrected chi connectivity index (χ0v) is 15.4. The number of hydrogen-bond acceptors (Lipinski definition) is 3. The van der Waals surface area contributed by atoms with E-state index in [0.717, 1.165) is 30.5 Å². The van der Waals surface area contributed by atoms with Crippen LogP contribution in [0.4, 0.5) is 17.6 Å². The van der Waals surface area contributed by atoms with E-state index in [-0.39, 0.29) is 5.92 Å². The molecule has 4 rings (SSSR count). The van der Waals surface area contributed by atoms with Crippen molar-refractivity contribution in [2.24, 2.45) is 7.05 Å². The van der Waals surface area contributed by atoms with Crippen molar-refractivity contribution in [3.05, 3.63) is 59.3 Å². The lowest BCUT2D eigenvalue weighted by atomic mass is 9.88. The number of imidazole rings is 1. The van der Waals surface area contributed by atoms with Gasteiger partial charge in [-0.2, -0.15) is 13.2 Å². The van der Waals surface area contributed by atoms with Crippen LogP contribution in [-0.4, -0.2) is 32.5 Å². The van der Waals surface area contributed by atoms with Gasteiger partial charge in [-0.1, -0.05) is 6.07 Å². The Morgan fingerprint density at radius 3 is 2.54 bits per heavy atom. The summed E-state index contributed by atoms with van der Waals surface area (Å²) in [5, 5.41) is 0. The average Bonchev–Trinajstić information content (AvgIpc) is 2.98. The molecule has 0 bridgehead atoms. The third kappa shape index (κ3) is 3.61. The number of nitrogens with zero attached hydrogens (tertiary/aromatic N) is 4. The number of halogens is 4. The van der Waals surface area contributed by atoms with Crippen molar-refractivity contribution in [2.45, 2.75) is 31.5 Å². The fourth-order valence-corrected chi connectivity index (χ4v) is 3.85. The molecule has 0 aliphatic carbocycles. The zero-order chi connectivity index (χ0) is 19.9. The van der Waals surface area contributed by atoms with Crippen molar-refractivity contribution in [1.29, 1.82) is 0 Å². The van der Waals surface area contributed by atoms with Crippen LogP contribution in [0.15, 0.2) is 36.5 Å². The highest BCUT2D eigenvalue weighted by Gasteiger charge is 2.32. The zero-order valence-electron chi connectivity index (χ0n) is 15.4. The molecule has 28 heavy (non-hydrogen) atoms. The highest BCUT2D eigenvalue weighted by Crippen LogP contribution is 2.35. The van der Waals surface area contributed by atoms with Crippen molar-refractivity contribution in [1.82, 2.24) is 19.4 Å². The number of piperidine rings is 1. The van der Waals surface area contributed by atoms with Crippen molar-refractivity contribution in [3.63, 3.8) is 0 Å². The first-order valence-corrected chi connectivity index (χ1v) is 9.18. The van der Waals surface area contributed by atoms with Crippen LogP contribution in [0, 0.1) is 5.82 Å². The lowest BCUT2D eigenvalue weighted by Gasteiger charge is -2.32. The van der Waals surface area contributed by atoms with Gasteiger partial charge < -0.3 is 4.57 Å². The molecule has 8 heteroatoms. The molecule has 0 N–H and O–H groups in total. The van der Waals surface area contributed by atoms with Gasteiger partial charge in [0.25, 0.3) is 0 Å². The van der Waals surface area contributed by atoms with Gasteiger partial charge in [-0.3, -0.25) is 4.90 Å². The molecule has 1 saturated heterocycles. The van der Waals surface area contributed by atoms with Crippen LogP contribution in [0.1, 0.15) is 35.7 Å². The molecule has 1 aliphatic rings. The quantitative estimate of drug-likeness (QED) is 0.616. The fraction of sp³-hybridized carbons (Fsp3) is 0.400. The summed E-state index contributed by atoms with van der Waals surface area (Å²) in [6.45, 7) is 2.14. The second-order valence-electron chi connectivity index (χ2n) is 7.22. The van der Waals surface area contributed by atoms with Crippen LogP contribution in [0.5, 0.6) is 0 Å². The third-order valence-electron chi connectivity index (χ3n) is 5.47. The van der Waals surface area contributed by atoms with E-state index in [2.05, 4.69) is 14.9 Å². The highest BCUT2D eigenvalue weighted by molar-refractivity contribution is 5.71. The molecular formula is C20H20F4N4. The number of pyridine rings is 1. The molecule has 0 radical (unpaired) electrons. The summed E-state index contributed by atoms with van der Waals surface area (Å²) in [5.74, 6) is 0.0724. The first-order valence-electron chi connectivity index (χ1n) is 9.18. The second-order valence-corrected chi connectivity index (χ2v) is 7.22. The summed E-state index contributed by atoms with van der Waals surface area (Å²) in [6, 6.07) is 6.71. The standard InChI is InChI=1S/C20H20F4N4/c1-27-17-3-2-8-25-19(17)26-18(27)12-28-9-6-13(7-10-28)15-5-4-14(11-16(15)21)20(22,23)24/h2-5,8,11,13H,6-7,9-10,12H2,1H3. The van der Waals surface area contributed by atoms with Crippen LogP contribution in [0.25, 0.3) is 11.2 Å². The number of fused-ring (bicyclic) bond motifs is 1. The van der Waals surface area contributed by atoms with E-state index < -0.39 is 17.6 Å². The molecule has 0 amide bonds. The van der Waals surface area contributed by atoms with Gasteiger partial charge in [0.1, 0.15) is 11.6 Å². The van der Waals surface area contributed by atoms with Crippen LogP contribution in [0.2, 0.25) is 0 Å². The molecule has 1 aromatic carbocycles. The Kier molecular flexibility index (Phi) is 4.82. The van der Waals surface area contributed by atoms with E-state index >= 15 is 0 Å². The van der Waals surface area contributed by atoms with Gasteiger partial charge in [-0.25, -0.2) is 14.4 Å². The summed E-state index contributed by atoms with van der Waals surface area (Å²) < 4.78 is 54.4. The van der Waals surface area contributed by atoms with Crippen molar-refractivity contribution >= 4 is 11.2 Å². The van der Waals surface area contributed by atoms with Gasteiger partial charge in [-0.15, -0.1) is 0 Å². The third-order valence-corrected chi connectivity index (χ3v) is 5.47. The van der Waals surface area contributed by atoms with Crippen molar-refractivity contribution < 1.29 is 17.6 Å². The maximum absolute atomic E-state index is 14.2. The summed E-state index contributed by atoms with van der Waals surface area (Å²) in [4.78, 5) is 11.1. The van der Waals surface area contributed by atoms with Crippen molar-refractivity contribution in [3.8, 4) is 0 Å². The molecule has 0 unspecified atom stereocenters. The normalized spacial score (nSPS) is 16.8. The van der Waals surface area contributed by atoms with Crippen LogP contribution >= 0.6 is 0 Å².